The first-order valence-electron chi connectivity index (χ1n) is 14.5. The van der Waals surface area contributed by atoms with Gasteiger partial charge in [0.15, 0.2) is 0 Å². The van der Waals surface area contributed by atoms with Gasteiger partial charge in [-0.25, -0.2) is 9.59 Å². The number of nitriles is 1. The van der Waals surface area contributed by atoms with E-state index in [1.165, 1.54) is 54.3 Å². The van der Waals surface area contributed by atoms with Crippen molar-refractivity contribution >= 4 is 46.9 Å². The van der Waals surface area contributed by atoms with E-state index >= 15 is 0 Å². The molecule has 50 heavy (non-hydrogen) atoms. The molecule has 15 heteroatoms. The zero-order chi connectivity index (χ0) is 36.3. The molecule has 0 aliphatic rings. The van der Waals surface area contributed by atoms with E-state index in [9.17, 15) is 9.59 Å². The summed E-state index contributed by atoms with van der Waals surface area (Å²) in [4.78, 5) is 32.6. The SMILES string of the molecule is CCCc1ccc(-c2cccc(C(=O)O)c2)cc1.CCCc1ccc(Br)cc1.N#CCO.O=C(O)c1cccc(B(O)O)c1.O=CO[O-].[H-].[K+].[K+]. The van der Waals surface area contributed by atoms with Crippen LogP contribution in [0.25, 0.3) is 11.1 Å². The Hall–Kier alpha value is -1.56. The van der Waals surface area contributed by atoms with E-state index < -0.39 is 19.1 Å². The smallest absolute Gasteiger partial charge is 1.00 e. The standard InChI is InChI=1S/C16H16O2.C9H11Br.C7H7BO4.C2H3NO.CH2O3.2K.H/c1-2-4-12-7-9-13(10-8-12)14-5-3-6-15(11-14)16(17)18;1-2-3-8-4-6-9(10)7-5-8;9-7(10)5-2-1-3-6(4-5)8(11)12;3-1-2-4;2-1-4-3;;;/h3,5-11H,2,4H2,1H3,(H,17,18);4-7H,2-3H2,1H3;1-4,11-12H,(H,9,10);4H,2H2;1,3H;;;/q;;;;;2*+1;-1/p-1. The molecule has 0 bridgehead atoms. The Labute approximate surface area is 387 Å². The number of nitrogens with zero attached hydrogens (tertiary/aromatic N) is 1. The first kappa shape index (κ1) is 52.8. The fourth-order valence-electron chi connectivity index (χ4n) is 3.76. The van der Waals surface area contributed by atoms with E-state index in [4.69, 9.17) is 40.7 Å². The Morgan fingerprint density at radius 2 is 1.24 bits per heavy atom. The van der Waals surface area contributed by atoms with Gasteiger partial charge in [0.25, 0.3) is 6.47 Å². The zero-order valence-electron chi connectivity index (χ0n) is 29.5. The number of aromatic carboxylic acids is 2. The zero-order valence-corrected chi connectivity index (χ0v) is 36.4. The third-order valence-corrected chi connectivity index (χ3v) is 6.46. The number of benzene rings is 4. The van der Waals surface area contributed by atoms with Gasteiger partial charge >= 0.3 is 122 Å². The Morgan fingerprint density at radius 3 is 1.62 bits per heavy atom. The van der Waals surface area contributed by atoms with Crippen molar-refractivity contribution in [1.82, 2.24) is 0 Å². The predicted molar refractivity (Wildman–Crippen MR) is 185 cm³/mol. The minimum Gasteiger partial charge on any atom is -1.00 e. The normalized spacial score (nSPS) is 8.76. The summed E-state index contributed by atoms with van der Waals surface area (Å²) in [6, 6.07) is 30.8. The van der Waals surface area contributed by atoms with Crippen LogP contribution in [-0.4, -0.2) is 57.5 Å². The summed E-state index contributed by atoms with van der Waals surface area (Å²) in [5.41, 5.74) is 5.28. The molecule has 0 amide bonds. The molecule has 0 aromatic heterocycles. The summed E-state index contributed by atoms with van der Waals surface area (Å²) < 4.78 is 1.16. The van der Waals surface area contributed by atoms with Gasteiger partial charge in [-0.05, 0) is 77.0 Å². The number of aliphatic hydroxyl groups excluding tert-OH is 1. The number of carbonyl (C=O) groups excluding carboxylic acids is 1. The molecule has 0 heterocycles. The minimum absolute atomic E-state index is 0. The number of hydrogen-bond acceptors (Lipinski definition) is 9. The van der Waals surface area contributed by atoms with Crippen molar-refractivity contribution in [3.05, 3.63) is 124 Å². The third kappa shape index (κ3) is 24.6. The average Bonchev–Trinajstić information content (AvgIpc) is 3.10. The van der Waals surface area contributed by atoms with Gasteiger partial charge in [0, 0.05) is 4.47 Å². The van der Waals surface area contributed by atoms with Crippen LogP contribution in [0.15, 0.2) is 102 Å². The number of carboxylic acids is 2. The molecule has 5 N–H and O–H groups in total. The van der Waals surface area contributed by atoms with Crippen LogP contribution in [0.4, 0.5) is 0 Å². The summed E-state index contributed by atoms with van der Waals surface area (Å²) in [5, 5.41) is 58.2. The summed E-state index contributed by atoms with van der Waals surface area (Å²) in [7, 11) is -1.62. The number of aryl methyl sites for hydroxylation is 2. The molecule has 256 valence electrons. The second kappa shape index (κ2) is 33.3. The van der Waals surface area contributed by atoms with Gasteiger partial charge in [0.2, 0.25) is 0 Å². The minimum atomic E-state index is -1.62. The van der Waals surface area contributed by atoms with Crippen LogP contribution in [-0.2, 0) is 22.5 Å². The molecular formula is C35H39BBrK2NO10. The number of carboxylic acid groups (broad SMARTS) is 2. The van der Waals surface area contributed by atoms with E-state index in [1.54, 1.807) is 18.2 Å². The molecule has 0 saturated heterocycles. The summed E-state index contributed by atoms with van der Waals surface area (Å²) in [6.07, 6.45) is 4.62. The van der Waals surface area contributed by atoms with Crippen molar-refractivity contribution in [3.63, 3.8) is 0 Å². The molecule has 4 aromatic rings. The number of halogens is 1. The van der Waals surface area contributed by atoms with Crippen molar-refractivity contribution in [1.29, 1.82) is 5.26 Å². The molecule has 0 unspecified atom stereocenters. The van der Waals surface area contributed by atoms with Gasteiger partial charge in [-0.2, -0.15) is 5.26 Å². The molecule has 0 fully saturated rings. The average molecular weight is 803 g/mol. The first-order valence-corrected chi connectivity index (χ1v) is 15.3. The molecule has 0 spiro atoms. The second-order valence-electron chi connectivity index (χ2n) is 9.52. The Kier molecular flexibility index (Phi) is 35.1. The van der Waals surface area contributed by atoms with E-state index in [0.29, 0.717) is 5.56 Å². The molecule has 4 aromatic carbocycles. The van der Waals surface area contributed by atoms with Gasteiger partial charge in [-0.3, -0.25) is 4.79 Å². The Bertz CT molecular complexity index is 1560. The van der Waals surface area contributed by atoms with Crippen molar-refractivity contribution in [3.8, 4) is 17.2 Å². The largest absolute Gasteiger partial charge is 1.00 e. The van der Waals surface area contributed by atoms with Crippen LogP contribution < -0.4 is 113 Å². The molecule has 0 radical (unpaired) electrons. The first-order chi connectivity index (χ1) is 23.0. The van der Waals surface area contributed by atoms with E-state index in [-0.39, 0.29) is 128 Å². The van der Waals surface area contributed by atoms with Gasteiger partial charge in [0.1, 0.15) is 6.61 Å². The van der Waals surface area contributed by atoms with Crippen molar-refractivity contribution in [2.75, 3.05) is 6.61 Å². The maximum Gasteiger partial charge on any atom is 1.00 e. The molecule has 0 aliphatic carbocycles. The van der Waals surface area contributed by atoms with Crippen molar-refractivity contribution in [2.24, 2.45) is 0 Å². The number of aliphatic hydroxyl groups is 1. The van der Waals surface area contributed by atoms with Crippen LogP contribution in [0.1, 0.15) is 60.0 Å². The van der Waals surface area contributed by atoms with Gasteiger partial charge in [-0.15, -0.1) is 0 Å². The number of carbonyl (C=O) groups is 3. The Morgan fingerprint density at radius 1 is 0.820 bits per heavy atom. The quantitative estimate of drug-likeness (QED) is 0.0434. The molecule has 11 nitrogen and oxygen atoms in total. The summed E-state index contributed by atoms with van der Waals surface area (Å²) in [5.74, 6) is -1.98. The fourth-order valence-corrected chi connectivity index (χ4v) is 4.02. The second-order valence-corrected chi connectivity index (χ2v) is 10.4. The molecule has 0 aliphatic heterocycles. The van der Waals surface area contributed by atoms with E-state index in [2.05, 4.69) is 71.1 Å². The van der Waals surface area contributed by atoms with E-state index in [1.807, 2.05) is 18.2 Å². The molecular weight excluding hydrogens is 763 g/mol. The van der Waals surface area contributed by atoms with Crippen LogP contribution >= 0.6 is 15.9 Å². The molecule has 0 atom stereocenters. The maximum atomic E-state index is 10.9. The van der Waals surface area contributed by atoms with E-state index in [0.717, 1.165) is 28.4 Å². The Balaban J connectivity index is -0.000000295. The summed E-state index contributed by atoms with van der Waals surface area (Å²) in [6.45, 7) is 3.80. The monoisotopic (exact) mass is 801 g/mol. The van der Waals surface area contributed by atoms with Gasteiger partial charge in [0.05, 0.1) is 17.2 Å². The summed E-state index contributed by atoms with van der Waals surface area (Å²) >= 11 is 3.40. The van der Waals surface area contributed by atoms with Crippen LogP contribution in [0.2, 0.25) is 0 Å². The van der Waals surface area contributed by atoms with Crippen molar-refractivity contribution < 1.29 is 154 Å². The van der Waals surface area contributed by atoms with Gasteiger partial charge < -0.3 is 36.9 Å². The van der Waals surface area contributed by atoms with Crippen molar-refractivity contribution in [2.45, 2.75) is 39.5 Å². The maximum absolute atomic E-state index is 10.9. The topological polar surface area (TPSA) is 208 Å². The van der Waals surface area contributed by atoms with Crippen LogP contribution in [0, 0.1) is 11.3 Å². The molecule has 4 rings (SSSR count). The molecule has 0 saturated carbocycles. The van der Waals surface area contributed by atoms with Crippen LogP contribution in [0.5, 0.6) is 0 Å². The predicted octanol–water partition coefficient (Wildman–Crippen LogP) is -1.47. The third-order valence-electron chi connectivity index (χ3n) is 5.93. The van der Waals surface area contributed by atoms with Gasteiger partial charge in [-0.1, -0.05) is 103 Å². The van der Waals surface area contributed by atoms with Crippen LogP contribution in [0.3, 0.4) is 0 Å². The number of rotatable bonds is 9. The number of hydrogen-bond donors (Lipinski definition) is 5. The fraction of sp³-hybridized carbons (Fsp3) is 0.200.